The maximum Gasteiger partial charge on any atom is 0.170 e. The van der Waals surface area contributed by atoms with Crippen molar-refractivity contribution >= 4 is 5.78 Å². The van der Waals surface area contributed by atoms with E-state index in [-0.39, 0.29) is 5.41 Å². The van der Waals surface area contributed by atoms with Gasteiger partial charge in [-0.1, -0.05) is 43.2 Å². The fourth-order valence-electron chi connectivity index (χ4n) is 4.82. The van der Waals surface area contributed by atoms with Crippen molar-refractivity contribution in [1.29, 1.82) is 0 Å². The van der Waals surface area contributed by atoms with E-state index in [1.165, 1.54) is 17.5 Å². The zero-order chi connectivity index (χ0) is 13.7. The summed E-state index contributed by atoms with van der Waals surface area (Å²) >= 11 is 0. The van der Waals surface area contributed by atoms with Crippen molar-refractivity contribution < 1.29 is 4.79 Å². The predicted octanol–water partition coefficient (Wildman–Crippen LogP) is 4.49. The highest BCUT2D eigenvalue weighted by atomic mass is 16.1. The Morgan fingerprint density at radius 2 is 2.25 bits per heavy atom. The van der Waals surface area contributed by atoms with Crippen molar-refractivity contribution in [3.8, 4) is 0 Å². The molecule has 1 aromatic rings. The quantitative estimate of drug-likeness (QED) is 0.721. The van der Waals surface area contributed by atoms with Crippen LogP contribution in [0.2, 0.25) is 0 Å². The van der Waals surface area contributed by atoms with E-state index < -0.39 is 0 Å². The summed E-state index contributed by atoms with van der Waals surface area (Å²) in [4.78, 5) is 13.3. The lowest BCUT2D eigenvalue weighted by Gasteiger charge is -2.39. The Bertz CT molecular complexity index is 610. The van der Waals surface area contributed by atoms with Crippen molar-refractivity contribution in [2.75, 3.05) is 0 Å². The lowest BCUT2D eigenvalue weighted by atomic mass is 9.62. The van der Waals surface area contributed by atoms with Crippen molar-refractivity contribution in [2.24, 2.45) is 11.3 Å². The first-order valence-electron chi connectivity index (χ1n) is 8.08. The van der Waals surface area contributed by atoms with Gasteiger partial charge in [-0.2, -0.15) is 0 Å². The van der Waals surface area contributed by atoms with E-state index in [0.717, 1.165) is 44.1 Å². The number of hydrogen-bond donors (Lipinski definition) is 0. The van der Waals surface area contributed by atoms with Crippen LogP contribution in [0.25, 0.3) is 0 Å². The molecule has 1 nitrogen and oxygen atoms in total. The molecule has 1 aromatic carbocycles. The van der Waals surface area contributed by atoms with Gasteiger partial charge in [-0.3, -0.25) is 4.79 Å². The summed E-state index contributed by atoms with van der Waals surface area (Å²) < 4.78 is 0. The number of Topliss-reactive ketones (excluding diaryl/α,β-unsaturated/α-hetero) is 1. The Balaban J connectivity index is 1.81. The fourth-order valence-corrected chi connectivity index (χ4v) is 4.82. The Morgan fingerprint density at radius 3 is 2.95 bits per heavy atom. The zero-order valence-electron chi connectivity index (χ0n) is 12.2. The Kier molecular flexibility index (Phi) is 2.67. The van der Waals surface area contributed by atoms with E-state index in [1.54, 1.807) is 5.57 Å². The molecule has 4 rings (SSSR count). The third-order valence-corrected chi connectivity index (χ3v) is 5.80. The molecule has 2 unspecified atom stereocenters. The van der Waals surface area contributed by atoms with Gasteiger partial charge in [-0.15, -0.1) is 0 Å². The largest absolute Gasteiger partial charge is 0.294 e. The summed E-state index contributed by atoms with van der Waals surface area (Å²) in [5.74, 6) is 1.09. The van der Waals surface area contributed by atoms with Crippen LogP contribution >= 0.6 is 0 Å². The highest BCUT2D eigenvalue weighted by Crippen LogP contribution is 2.58. The van der Waals surface area contributed by atoms with Gasteiger partial charge in [-0.05, 0) is 55.6 Å². The zero-order valence-corrected chi connectivity index (χ0v) is 12.2. The van der Waals surface area contributed by atoms with Gasteiger partial charge in [0.25, 0.3) is 0 Å². The van der Waals surface area contributed by atoms with Crippen LogP contribution in [0.4, 0.5) is 0 Å². The molecule has 0 N–H and O–H groups in total. The maximum absolute atomic E-state index is 13.3. The van der Waals surface area contributed by atoms with E-state index in [4.69, 9.17) is 0 Å². The number of carbonyl (C=O) groups is 1. The molecule has 0 saturated heterocycles. The number of ketones is 1. The molecule has 0 aromatic heterocycles. The number of fused-ring (bicyclic) bond motifs is 4. The lowest BCUT2D eigenvalue weighted by molar-refractivity contribution is 0.0669. The van der Waals surface area contributed by atoms with Crippen LogP contribution in [-0.2, 0) is 12.8 Å². The highest BCUT2D eigenvalue weighted by molar-refractivity contribution is 6.05. The maximum atomic E-state index is 13.3. The van der Waals surface area contributed by atoms with Crippen LogP contribution in [0, 0.1) is 11.3 Å². The first kappa shape index (κ1) is 12.4. The minimum Gasteiger partial charge on any atom is -0.294 e. The van der Waals surface area contributed by atoms with Gasteiger partial charge in [0.15, 0.2) is 5.78 Å². The van der Waals surface area contributed by atoms with Crippen LogP contribution in [-0.4, -0.2) is 5.78 Å². The first-order valence-corrected chi connectivity index (χ1v) is 8.08. The molecule has 20 heavy (non-hydrogen) atoms. The summed E-state index contributed by atoms with van der Waals surface area (Å²) in [5, 5.41) is 0. The number of carbonyl (C=O) groups excluding carboxylic acids is 1. The van der Waals surface area contributed by atoms with Crippen LogP contribution in [0.1, 0.15) is 60.5 Å². The van der Waals surface area contributed by atoms with Crippen molar-refractivity contribution in [3.63, 3.8) is 0 Å². The molecule has 1 spiro atoms. The van der Waals surface area contributed by atoms with Gasteiger partial charge in [0.1, 0.15) is 0 Å². The summed E-state index contributed by atoms with van der Waals surface area (Å²) in [6.45, 7) is 2.20. The monoisotopic (exact) mass is 266 g/mol. The van der Waals surface area contributed by atoms with E-state index in [0.29, 0.717) is 11.7 Å². The molecule has 0 aliphatic heterocycles. The van der Waals surface area contributed by atoms with Crippen molar-refractivity contribution in [3.05, 3.63) is 46.5 Å². The molecule has 2 atom stereocenters. The summed E-state index contributed by atoms with van der Waals surface area (Å²) in [7, 11) is 0. The molecule has 3 aliphatic carbocycles. The van der Waals surface area contributed by atoms with Crippen molar-refractivity contribution in [1.82, 2.24) is 0 Å². The molecular weight excluding hydrogens is 244 g/mol. The molecule has 104 valence electrons. The number of rotatable bonds is 2. The number of hydrogen-bond acceptors (Lipinski definition) is 1. The molecule has 0 heterocycles. The third kappa shape index (κ3) is 1.52. The first-order chi connectivity index (χ1) is 9.74. The number of allylic oxidation sites excluding steroid dienone is 2. The number of aryl methyl sites for hydroxylation is 2. The van der Waals surface area contributed by atoms with E-state index in [2.05, 4.69) is 31.2 Å². The second-order valence-electron chi connectivity index (χ2n) is 6.86. The molecule has 1 saturated carbocycles. The molecule has 2 bridgehead atoms. The molecule has 0 amide bonds. The summed E-state index contributed by atoms with van der Waals surface area (Å²) in [6.07, 6.45) is 10.1. The van der Waals surface area contributed by atoms with Crippen LogP contribution in [0.3, 0.4) is 0 Å². The number of benzene rings is 1. The molecule has 0 radical (unpaired) electrons. The van der Waals surface area contributed by atoms with Crippen LogP contribution in [0.15, 0.2) is 29.8 Å². The van der Waals surface area contributed by atoms with Gasteiger partial charge in [0.2, 0.25) is 0 Å². The minimum atomic E-state index is -0.0269. The third-order valence-electron chi connectivity index (χ3n) is 5.80. The Hall–Kier alpha value is -1.37. The van der Waals surface area contributed by atoms with Crippen molar-refractivity contribution in [2.45, 2.75) is 51.9 Å². The van der Waals surface area contributed by atoms with Gasteiger partial charge in [0.05, 0.1) is 0 Å². The second kappa shape index (κ2) is 4.31. The Labute approximate surface area is 121 Å². The van der Waals surface area contributed by atoms with Gasteiger partial charge in [-0.25, -0.2) is 0 Å². The standard InChI is InChI=1S/C19H22O/c1-2-4-14-5-3-6-15-9-10-19(18(20)17(14)15)12-13-7-8-16(19)11-13/h3,5-7,16H,2,4,8-12H2,1H3. The minimum absolute atomic E-state index is 0.0269. The Morgan fingerprint density at radius 1 is 1.35 bits per heavy atom. The molecule has 3 aliphatic rings. The summed E-state index contributed by atoms with van der Waals surface area (Å²) in [6, 6.07) is 6.48. The van der Waals surface area contributed by atoms with Gasteiger partial charge in [0, 0.05) is 11.0 Å². The molecule has 1 fully saturated rings. The molecular formula is C19H22O. The SMILES string of the molecule is CCCc1cccc2c1C(=O)C1(CC2)CC2=CCC1C2. The topological polar surface area (TPSA) is 17.1 Å². The summed E-state index contributed by atoms with van der Waals surface area (Å²) in [5.41, 5.74) is 5.24. The van der Waals surface area contributed by atoms with E-state index in [1.807, 2.05) is 0 Å². The van der Waals surface area contributed by atoms with E-state index >= 15 is 0 Å². The fraction of sp³-hybridized carbons (Fsp3) is 0.526. The van der Waals surface area contributed by atoms with E-state index in [9.17, 15) is 4.79 Å². The predicted molar refractivity (Wildman–Crippen MR) is 80.9 cm³/mol. The smallest absolute Gasteiger partial charge is 0.170 e. The molecule has 1 heteroatoms. The lowest BCUT2D eigenvalue weighted by Crippen LogP contribution is -2.40. The van der Waals surface area contributed by atoms with Gasteiger partial charge >= 0.3 is 0 Å². The van der Waals surface area contributed by atoms with Crippen LogP contribution in [0.5, 0.6) is 0 Å². The average molecular weight is 266 g/mol. The average Bonchev–Trinajstić information content (AvgIpc) is 3.05. The highest BCUT2D eigenvalue weighted by Gasteiger charge is 2.54. The van der Waals surface area contributed by atoms with Gasteiger partial charge < -0.3 is 0 Å². The van der Waals surface area contributed by atoms with Crippen LogP contribution < -0.4 is 0 Å². The second-order valence-corrected chi connectivity index (χ2v) is 6.86. The normalized spacial score (nSPS) is 30.8.